The molecule has 2 rings (SSSR count). The fourth-order valence-electron chi connectivity index (χ4n) is 2.28. The van der Waals surface area contributed by atoms with Crippen LogP contribution < -0.4 is 10.1 Å². The summed E-state index contributed by atoms with van der Waals surface area (Å²) in [6.45, 7) is 2.92. The van der Waals surface area contributed by atoms with Crippen molar-refractivity contribution in [2.75, 3.05) is 27.2 Å². The molecule has 1 amide bonds. The predicted molar refractivity (Wildman–Crippen MR) is 101 cm³/mol. The number of aryl methyl sites for hydroxylation is 1. The van der Waals surface area contributed by atoms with E-state index in [-0.39, 0.29) is 10.8 Å². The molecular formula is C19H24N2O4S. The van der Waals surface area contributed by atoms with Gasteiger partial charge in [0.2, 0.25) is 10.0 Å². The Morgan fingerprint density at radius 1 is 1.12 bits per heavy atom. The molecule has 0 bridgehead atoms. The van der Waals surface area contributed by atoms with Gasteiger partial charge in [-0.05, 0) is 49.2 Å². The minimum absolute atomic E-state index is 0.0953. The van der Waals surface area contributed by atoms with Crippen LogP contribution in [0.4, 0.5) is 0 Å². The van der Waals surface area contributed by atoms with Gasteiger partial charge in [-0.2, -0.15) is 0 Å². The van der Waals surface area contributed by atoms with Crippen molar-refractivity contribution >= 4 is 15.9 Å². The van der Waals surface area contributed by atoms with E-state index in [4.69, 9.17) is 4.74 Å². The van der Waals surface area contributed by atoms with E-state index in [1.807, 2.05) is 31.2 Å². The molecule has 0 aliphatic rings. The molecule has 26 heavy (non-hydrogen) atoms. The predicted octanol–water partition coefficient (Wildman–Crippen LogP) is 2.44. The Kier molecular flexibility index (Phi) is 6.76. The second-order valence-electron chi connectivity index (χ2n) is 6.09. The van der Waals surface area contributed by atoms with Crippen molar-refractivity contribution in [3.63, 3.8) is 0 Å². The van der Waals surface area contributed by atoms with Gasteiger partial charge in [-0.1, -0.05) is 18.2 Å². The Labute approximate surface area is 154 Å². The van der Waals surface area contributed by atoms with Gasteiger partial charge < -0.3 is 10.1 Å². The maximum atomic E-state index is 12.2. The third-order valence-electron chi connectivity index (χ3n) is 3.74. The molecule has 6 nitrogen and oxygen atoms in total. The van der Waals surface area contributed by atoms with E-state index in [9.17, 15) is 13.2 Å². The Morgan fingerprint density at radius 3 is 2.54 bits per heavy atom. The topological polar surface area (TPSA) is 75.7 Å². The summed E-state index contributed by atoms with van der Waals surface area (Å²) in [5, 5.41) is 2.78. The van der Waals surface area contributed by atoms with Crippen molar-refractivity contribution in [3.8, 4) is 5.75 Å². The fourth-order valence-corrected chi connectivity index (χ4v) is 3.23. The summed E-state index contributed by atoms with van der Waals surface area (Å²) < 4.78 is 31.0. The van der Waals surface area contributed by atoms with Crippen LogP contribution in [-0.4, -0.2) is 45.9 Å². The van der Waals surface area contributed by atoms with Crippen molar-refractivity contribution in [3.05, 3.63) is 59.7 Å². The van der Waals surface area contributed by atoms with Crippen LogP contribution >= 0.6 is 0 Å². The number of amides is 1. The normalized spacial score (nSPS) is 11.4. The second kappa shape index (κ2) is 8.82. The maximum absolute atomic E-state index is 12.2. The van der Waals surface area contributed by atoms with Crippen LogP contribution in [0, 0.1) is 6.92 Å². The summed E-state index contributed by atoms with van der Waals surface area (Å²) >= 11 is 0. The third-order valence-corrected chi connectivity index (χ3v) is 5.55. The molecule has 2 aromatic rings. The highest BCUT2D eigenvalue weighted by Gasteiger charge is 2.18. The number of sulfonamides is 1. The average Bonchev–Trinajstić information content (AvgIpc) is 2.61. The molecule has 0 fully saturated rings. The zero-order valence-corrected chi connectivity index (χ0v) is 16.0. The molecule has 2 aromatic carbocycles. The Hall–Kier alpha value is -2.38. The number of nitrogens with one attached hydrogen (secondary N) is 1. The monoisotopic (exact) mass is 376 g/mol. The molecule has 0 aromatic heterocycles. The highest BCUT2D eigenvalue weighted by Crippen LogP contribution is 2.15. The van der Waals surface area contributed by atoms with Gasteiger partial charge in [-0.15, -0.1) is 0 Å². The molecule has 0 spiro atoms. The second-order valence-corrected chi connectivity index (χ2v) is 8.24. The maximum Gasteiger partial charge on any atom is 0.251 e. The van der Waals surface area contributed by atoms with E-state index >= 15 is 0 Å². The zero-order chi connectivity index (χ0) is 19.2. The minimum Gasteiger partial charge on any atom is -0.494 e. The van der Waals surface area contributed by atoms with Crippen molar-refractivity contribution in [1.29, 1.82) is 0 Å². The lowest BCUT2D eigenvalue weighted by molar-refractivity contribution is 0.0951. The summed E-state index contributed by atoms with van der Waals surface area (Å²) in [5.74, 6) is 0.495. The van der Waals surface area contributed by atoms with Gasteiger partial charge >= 0.3 is 0 Å². The molecule has 0 saturated heterocycles. The molecule has 7 heteroatoms. The van der Waals surface area contributed by atoms with Gasteiger partial charge in [-0.25, -0.2) is 12.7 Å². The number of ether oxygens (including phenoxy) is 1. The first kappa shape index (κ1) is 19.9. The zero-order valence-electron chi connectivity index (χ0n) is 15.2. The third kappa shape index (κ3) is 5.31. The SMILES string of the molecule is Cc1cccc(OCCCNC(=O)c2cccc(S(=O)(=O)N(C)C)c2)c1. The van der Waals surface area contributed by atoms with Gasteiger partial charge in [0.25, 0.3) is 5.91 Å². The van der Waals surface area contributed by atoms with Gasteiger partial charge in [0, 0.05) is 26.2 Å². The number of carbonyl (C=O) groups excluding carboxylic acids is 1. The molecule has 0 atom stereocenters. The van der Waals surface area contributed by atoms with E-state index in [0.29, 0.717) is 25.1 Å². The molecule has 0 radical (unpaired) electrons. The van der Waals surface area contributed by atoms with E-state index < -0.39 is 10.0 Å². The summed E-state index contributed by atoms with van der Waals surface area (Å²) in [5.41, 5.74) is 1.44. The number of hydrogen-bond donors (Lipinski definition) is 1. The van der Waals surface area contributed by atoms with Crippen LogP contribution in [0.5, 0.6) is 5.75 Å². The first-order valence-electron chi connectivity index (χ1n) is 8.31. The highest BCUT2D eigenvalue weighted by molar-refractivity contribution is 7.89. The first-order valence-corrected chi connectivity index (χ1v) is 9.75. The van der Waals surface area contributed by atoms with Crippen molar-refractivity contribution in [2.45, 2.75) is 18.2 Å². The fraction of sp³-hybridized carbons (Fsp3) is 0.316. The minimum atomic E-state index is -3.56. The van der Waals surface area contributed by atoms with Crippen molar-refractivity contribution < 1.29 is 17.9 Å². The summed E-state index contributed by atoms with van der Waals surface area (Å²) in [4.78, 5) is 12.3. The Bertz CT molecular complexity index is 863. The van der Waals surface area contributed by atoms with E-state index in [2.05, 4.69) is 5.32 Å². The van der Waals surface area contributed by atoms with Crippen LogP contribution in [-0.2, 0) is 10.0 Å². The lowest BCUT2D eigenvalue weighted by Crippen LogP contribution is -2.26. The smallest absolute Gasteiger partial charge is 0.251 e. The summed E-state index contributed by atoms with van der Waals surface area (Å²) in [6.07, 6.45) is 0.648. The standard InChI is InChI=1S/C19H24N2O4S/c1-15-7-4-9-17(13-15)25-12-6-11-20-19(22)16-8-5-10-18(14-16)26(23,24)21(2)3/h4-5,7-10,13-14H,6,11-12H2,1-3H3,(H,20,22). The molecule has 0 aliphatic carbocycles. The van der Waals surface area contributed by atoms with Crippen LogP contribution in [0.2, 0.25) is 0 Å². The number of rotatable bonds is 8. The largest absolute Gasteiger partial charge is 0.494 e. The number of hydrogen-bond acceptors (Lipinski definition) is 4. The van der Waals surface area contributed by atoms with Gasteiger partial charge in [-0.3, -0.25) is 4.79 Å². The summed E-state index contributed by atoms with van der Waals surface area (Å²) in [6, 6.07) is 13.8. The van der Waals surface area contributed by atoms with E-state index in [1.165, 1.54) is 26.2 Å². The lowest BCUT2D eigenvalue weighted by Gasteiger charge is -2.12. The van der Waals surface area contributed by atoms with Crippen LogP contribution in [0.25, 0.3) is 0 Å². The average molecular weight is 376 g/mol. The first-order chi connectivity index (χ1) is 12.3. The Morgan fingerprint density at radius 2 is 1.85 bits per heavy atom. The van der Waals surface area contributed by atoms with Crippen LogP contribution in [0.1, 0.15) is 22.3 Å². The van der Waals surface area contributed by atoms with E-state index in [0.717, 1.165) is 15.6 Å². The number of carbonyl (C=O) groups is 1. The van der Waals surface area contributed by atoms with Crippen LogP contribution in [0.15, 0.2) is 53.4 Å². The molecule has 1 N–H and O–H groups in total. The Balaban J connectivity index is 1.85. The molecule has 0 aliphatic heterocycles. The van der Waals surface area contributed by atoms with Crippen molar-refractivity contribution in [2.24, 2.45) is 0 Å². The molecular weight excluding hydrogens is 352 g/mol. The highest BCUT2D eigenvalue weighted by atomic mass is 32.2. The summed E-state index contributed by atoms with van der Waals surface area (Å²) in [7, 11) is -0.654. The van der Waals surface area contributed by atoms with E-state index in [1.54, 1.807) is 12.1 Å². The number of benzene rings is 2. The quantitative estimate of drug-likeness (QED) is 0.718. The molecule has 140 valence electrons. The lowest BCUT2D eigenvalue weighted by atomic mass is 10.2. The number of nitrogens with zero attached hydrogens (tertiary/aromatic N) is 1. The van der Waals surface area contributed by atoms with Gasteiger partial charge in [0.05, 0.1) is 11.5 Å². The van der Waals surface area contributed by atoms with Crippen LogP contribution in [0.3, 0.4) is 0 Å². The van der Waals surface area contributed by atoms with Crippen molar-refractivity contribution in [1.82, 2.24) is 9.62 Å². The van der Waals surface area contributed by atoms with Gasteiger partial charge in [0.15, 0.2) is 0 Å². The molecule has 0 unspecified atom stereocenters. The molecule has 0 heterocycles. The van der Waals surface area contributed by atoms with Gasteiger partial charge in [0.1, 0.15) is 5.75 Å². The molecule has 0 saturated carbocycles.